The Kier molecular flexibility index (Phi) is 15.5. The third kappa shape index (κ3) is 9.86. The Bertz CT molecular complexity index is 1400. The van der Waals surface area contributed by atoms with Gasteiger partial charge in [-0.3, -0.25) is 0 Å². The van der Waals surface area contributed by atoms with E-state index in [0.29, 0.717) is 18.1 Å². The number of likely N-dealkylation sites (N-methyl/N-ethyl adjacent to an activating group) is 1. The van der Waals surface area contributed by atoms with Crippen LogP contribution in [0.25, 0.3) is 0 Å². The molecular weight excluding hydrogens is 755 g/mol. The van der Waals surface area contributed by atoms with Gasteiger partial charge in [-0.25, -0.2) is 0 Å². The predicted molar refractivity (Wildman–Crippen MR) is 247 cm³/mol. The number of nitrogens with zero attached hydrogens (tertiary/aromatic N) is 6. The van der Waals surface area contributed by atoms with E-state index in [9.17, 15) is 0 Å². The van der Waals surface area contributed by atoms with Crippen molar-refractivity contribution >= 4 is 17.8 Å². The van der Waals surface area contributed by atoms with Gasteiger partial charge in [-0.1, -0.05) is 0 Å². The Hall–Kier alpha value is -2.03. The summed E-state index contributed by atoms with van der Waals surface area (Å²) < 4.78 is 0. The number of nitrogens with one attached hydrogen (secondary N) is 11. The van der Waals surface area contributed by atoms with Crippen LogP contribution in [0.3, 0.4) is 0 Å². The van der Waals surface area contributed by atoms with E-state index in [1.165, 1.54) is 32.1 Å². The first kappa shape index (κ1) is 46.0. The first-order chi connectivity index (χ1) is 29.1. The largest absolute Gasteiger partial charge is 0.341 e. The summed E-state index contributed by atoms with van der Waals surface area (Å²) in [6, 6.07) is 1.64. The van der Waals surface area contributed by atoms with Crippen LogP contribution >= 0.6 is 0 Å². The average molecular weight is 840 g/mol. The standard InChI is InChI=1S/C43H85N17/c1-44-29-39(30-45-2,32-52-15-17-54-43-27-40(48-5)24-41(28-43,49-6)26-42(43,25-40)50-7)31-51-14-16-53-35-12-22-60(23-13-35)38-56-36(58-18-8-33(46-3)9-19-58)55-37(57-38)59-20-10-34(47-4)11-21-59/h33-35,44-54H,8-32H2,1-7H3. The lowest BCUT2D eigenvalue weighted by Crippen LogP contribution is -2.63. The molecule has 2 unspecified atom stereocenters. The van der Waals surface area contributed by atoms with Gasteiger partial charge >= 0.3 is 0 Å². The van der Waals surface area contributed by atoms with Gasteiger partial charge in [0.25, 0.3) is 0 Å². The van der Waals surface area contributed by atoms with Crippen LogP contribution in [0.2, 0.25) is 0 Å². The fourth-order valence-electron chi connectivity index (χ4n) is 12.8. The van der Waals surface area contributed by atoms with Crippen molar-refractivity contribution in [2.45, 2.75) is 111 Å². The molecule has 4 aliphatic carbocycles. The van der Waals surface area contributed by atoms with Crippen LogP contribution in [-0.2, 0) is 0 Å². The van der Waals surface area contributed by atoms with Crippen molar-refractivity contribution < 1.29 is 0 Å². The van der Waals surface area contributed by atoms with Crippen molar-refractivity contribution in [2.24, 2.45) is 5.41 Å². The van der Waals surface area contributed by atoms with Crippen LogP contribution in [0, 0.1) is 5.41 Å². The molecule has 60 heavy (non-hydrogen) atoms. The quantitative estimate of drug-likeness (QED) is 0.0548. The third-order valence-electron chi connectivity index (χ3n) is 16.0. The van der Waals surface area contributed by atoms with Crippen LogP contribution in [-0.4, -0.2) is 196 Å². The molecule has 11 N–H and O–H groups in total. The molecule has 342 valence electrons. The summed E-state index contributed by atoms with van der Waals surface area (Å²) in [5.41, 5.74) is 0.703. The van der Waals surface area contributed by atoms with E-state index in [4.69, 9.17) is 15.0 Å². The molecule has 0 spiro atoms. The Morgan fingerprint density at radius 1 is 0.483 bits per heavy atom. The molecule has 8 rings (SSSR count). The topological polar surface area (TPSA) is 181 Å². The van der Waals surface area contributed by atoms with Crippen LogP contribution in [0.1, 0.15) is 70.6 Å². The summed E-state index contributed by atoms with van der Waals surface area (Å²) in [6.45, 7) is 13.4. The molecule has 17 nitrogen and oxygen atoms in total. The Labute approximate surface area is 362 Å². The minimum Gasteiger partial charge on any atom is -0.341 e. The number of hydrogen-bond acceptors (Lipinski definition) is 17. The lowest BCUT2D eigenvalue weighted by molar-refractivity contribution is 0.125. The van der Waals surface area contributed by atoms with Gasteiger partial charge < -0.3 is 73.2 Å². The maximum atomic E-state index is 5.12. The first-order valence-electron chi connectivity index (χ1n) is 23.8. The molecule has 4 heterocycles. The van der Waals surface area contributed by atoms with Gasteiger partial charge in [-0.15, -0.1) is 0 Å². The highest BCUT2D eigenvalue weighted by atomic mass is 15.4. The van der Waals surface area contributed by atoms with E-state index in [1.807, 2.05) is 0 Å². The van der Waals surface area contributed by atoms with Crippen molar-refractivity contribution in [3.8, 4) is 0 Å². The number of rotatable bonds is 24. The zero-order valence-corrected chi connectivity index (χ0v) is 38.6. The highest BCUT2D eigenvalue weighted by Crippen LogP contribution is 2.65. The van der Waals surface area contributed by atoms with Crippen molar-refractivity contribution in [2.75, 3.05) is 156 Å². The van der Waals surface area contributed by atoms with Crippen molar-refractivity contribution in [1.82, 2.24) is 73.4 Å². The predicted octanol–water partition coefficient (Wildman–Crippen LogP) is -1.39. The first-order valence-corrected chi connectivity index (χ1v) is 23.8. The molecule has 0 aromatic carbocycles. The second kappa shape index (κ2) is 20.2. The van der Waals surface area contributed by atoms with Crippen LogP contribution in [0.5, 0.6) is 0 Å². The van der Waals surface area contributed by atoms with Crippen LogP contribution < -0.4 is 73.2 Å². The summed E-state index contributed by atoms with van der Waals surface area (Å²) in [7, 11) is 14.8. The second-order valence-electron chi connectivity index (χ2n) is 19.8. The van der Waals surface area contributed by atoms with E-state index < -0.39 is 0 Å². The SMILES string of the molecule is CNCC(CNC)(CNCCNC1CCN(c2nc(N3CCC(NC)CC3)nc(N3CCC(NC)CC3)n2)CC1)CNCCNC12CC3(NC)CC(NC)(CC1(NC)C3)C2. The van der Waals surface area contributed by atoms with Crippen LogP contribution in [0.4, 0.5) is 17.8 Å². The molecule has 1 aromatic rings. The summed E-state index contributed by atoms with van der Waals surface area (Å²) >= 11 is 0. The number of hydrogen-bond donors (Lipinski definition) is 11. The molecule has 4 saturated carbocycles. The summed E-state index contributed by atoms with van der Waals surface area (Å²) in [5.74, 6) is 2.54. The molecule has 0 amide bonds. The highest BCUT2D eigenvalue weighted by Gasteiger charge is 2.75. The maximum Gasteiger partial charge on any atom is 0.231 e. The lowest BCUT2D eigenvalue weighted by atomic mass is 9.69. The molecule has 3 saturated heterocycles. The van der Waals surface area contributed by atoms with Gasteiger partial charge in [0.2, 0.25) is 17.8 Å². The Morgan fingerprint density at radius 3 is 1.30 bits per heavy atom. The Balaban J connectivity index is 0.860. The fourth-order valence-corrected chi connectivity index (χ4v) is 12.8. The minimum atomic E-state index is 0.0599. The zero-order valence-electron chi connectivity index (χ0n) is 38.6. The molecule has 7 aliphatic rings. The van der Waals surface area contributed by atoms with E-state index in [-0.39, 0.29) is 27.6 Å². The maximum absolute atomic E-state index is 5.12. The number of piperidine rings is 3. The van der Waals surface area contributed by atoms with Gasteiger partial charge in [-0.05, 0) is 120 Å². The van der Waals surface area contributed by atoms with Gasteiger partial charge in [-0.2, -0.15) is 15.0 Å². The summed E-state index contributed by atoms with van der Waals surface area (Å²) in [4.78, 5) is 22.5. The van der Waals surface area contributed by atoms with E-state index >= 15 is 0 Å². The third-order valence-corrected chi connectivity index (χ3v) is 16.0. The fraction of sp³-hybridized carbons (Fsp3) is 0.930. The van der Waals surface area contributed by atoms with Crippen molar-refractivity contribution in [3.63, 3.8) is 0 Å². The van der Waals surface area contributed by atoms with Crippen molar-refractivity contribution in [1.29, 1.82) is 0 Å². The van der Waals surface area contributed by atoms with Gasteiger partial charge in [0.15, 0.2) is 0 Å². The van der Waals surface area contributed by atoms with E-state index in [0.717, 1.165) is 148 Å². The lowest BCUT2D eigenvalue weighted by Gasteiger charge is -2.48. The molecule has 2 atom stereocenters. The smallest absolute Gasteiger partial charge is 0.231 e. The zero-order chi connectivity index (χ0) is 42.3. The molecule has 17 heteroatoms. The van der Waals surface area contributed by atoms with Crippen LogP contribution in [0.15, 0.2) is 0 Å². The molecule has 3 aliphatic heterocycles. The number of aromatic nitrogens is 3. The Morgan fingerprint density at radius 2 is 0.900 bits per heavy atom. The number of anilines is 3. The molecule has 4 bridgehead atoms. The highest BCUT2D eigenvalue weighted by molar-refractivity contribution is 5.47. The monoisotopic (exact) mass is 840 g/mol. The van der Waals surface area contributed by atoms with E-state index in [2.05, 4.69) is 123 Å². The molecular formula is C43H85N17. The van der Waals surface area contributed by atoms with Gasteiger partial charge in [0.05, 0.1) is 0 Å². The normalized spacial score (nSPS) is 30.4. The second-order valence-corrected chi connectivity index (χ2v) is 19.8. The van der Waals surface area contributed by atoms with Crippen molar-refractivity contribution in [3.05, 3.63) is 0 Å². The molecule has 1 aromatic heterocycles. The van der Waals surface area contributed by atoms with Gasteiger partial charge in [0, 0.05) is 137 Å². The summed E-state index contributed by atoms with van der Waals surface area (Å²) in [5, 5.41) is 41.1. The molecule has 0 radical (unpaired) electrons. The minimum absolute atomic E-state index is 0.0599. The van der Waals surface area contributed by atoms with E-state index in [1.54, 1.807) is 0 Å². The molecule has 7 fully saturated rings. The van der Waals surface area contributed by atoms with Gasteiger partial charge in [0.1, 0.15) is 0 Å². The summed E-state index contributed by atoms with van der Waals surface area (Å²) in [6.07, 6.45) is 12.6. The average Bonchev–Trinajstić information content (AvgIpc) is 3.61.